The molecule has 0 bridgehead atoms. The molecule has 1 saturated heterocycles. The number of hydrogen-bond acceptors (Lipinski definition) is 5. The molecule has 0 saturated carbocycles. The number of carbonyl (C=O) groups is 1. The summed E-state index contributed by atoms with van der Waals surface area (Å²) in [4.78, 5) is 16.2. The number of amides is 1. The second kappa shape index (κ2) is 8.36. The van der Waals surface area contributed by atoms with Crippen LogP contribution in [0.1, 0.15) is 10.4 Å². The minimum atomic E-state index is -1.57. The number of nitrogens with zero attached hydrogens (tertiary/aromatic N) is 2. The van der Waals surface area contributed by atoms with Crippen LogP contribution in [0.15, 0.2) is 24.3 Å². The van der Waals surface area contributed by atoms with Crippen LogP contribution in [0.3, 0.4) is 0 Å². The lowest BCUT2D eigenvalue weighted by molar-refractivity contribution is 0.0615. The van der Waals surface area contributed by atoms with E-state index in [4.69, 9.17) is 15.2 Å². The van der Waals surface area contributed by atoms with Crippen molar-refractivity contribution in [3.8, 4) is 0 Å². The monoisotopic (exact) mass is 314 g/mol. The number of hydrogen-bond donors (Lipinski definition) is 3. The van der Waals surface area contributed by atoms with Crippen LogP contribution in [0.4, 0.5) is 0 Å². The Morgan fingerprint density at radius 3 is 2.43 bits per heavy atom. The van der Waals surface area contributed by atoms with Gasteiger partial charge in [-0.1, -0.05) is 12.1 Å². The van der Waals surface area contributed by atoms with E-state index in [9.17, 15) is 4.79 Å². The van der Waals surface area contributed by atoms with Gasteiger partial charge in [-0.3, -0.25) is 9.69 Å². The number of carbonyl (C=O) groups excluding carboxylic acids is 1. The number of β-amino-alcohol motifs (C(OH)–C–C–N with tert-alkyl or cyclic N) is 1. The summed E-state index contributed by atoms with van der Waals surface area (Å²) in [6, 6.07) is 6.39. The normalized spacial score (nSPS) is 15.5. The van der Waals surface area contributed by atoms with Crippen LogP contribution in [-0.4, -0.2) is 77.3 Å². The molecule has 0 spiro atoms. The summed E-state index contributed by atoms with van der Waals surface area (Å²) in [5.74, 6) is -0.101. The lowest BCUT2D eigenvalue weighted by atomic mass is 9.79. The van der Waals surface area contributed by atoms with Crippen LogP contribution < -0.4 is 5.46 Å². The van der Waals surface area contributed by atoms with Crippen LogP contribution in [0, 0.1) is 0 Å². The Morgan fingerprint density at radius 1 is 1.19 bits per heavy atom. The molecule has 1 fully saturated rings. The first-order valence-corrected chi connectivity index (χ1v) is 6.70. The number of aliphatic hydroxyl groups excluding tert-OH is 1. The average Bonchev–Trinajstić information content (AvgIpc) is 2.48. The summed E-state index contributed by atoms with van der Waals surface area (Å²) in [6.45, 7) is 3.48. The summed E-state index contributed by atoms with van der Waals surface area (Å²) in [7, 11) is -1.57. The third-order valence-electron chi connectivity index (χ3n) is 3.51. The van der Waals surface area contributed by atoms with Gasteiger partial charge >= 0.3 is 7.12 Å². The smallest absolute Gasteiger partial charge is 0.423 e. The highest BCUT2D eigenvalue weighted by atomic mass is 35.5. The molecule has 1 amide bonds. The summed E-state index contributed by atoms with van der Waals surface area (Å²) >= 11 is 0. The molecule has 6 nitrogen and oxygen atoms in total. The Morgan fingerprint density at radius 2 is 1.86 bits per heavy atom. The fourth-order valence-electron chi connectivity index (χ4n) is 2.33. The Kier molecular flexibility index (Phi) is 7.14. The molecule has 0 aliphatic carbocycles. The maximum absolute atomic E-state index is 12.3. The van der Waals surface area contributed by atoms with Crippen molar-refractivity contribution in [1.29, 1.82) is 0 Å². The molecule has 1 aromatic carbocycles. The Labute approximate surface area is 130 Å². The summed E-state index contributed by atoms with van der Waals surface area (Å²) < 4.78 is 0. The molecule has 8 heteroatoms. The second-order valence-electron chi connectivity index (χ2n) is 4.86. The molecule has 1 aromatic rings. The molecule has 1 aliphatic rings. The molecule has 21 heavy (non-hydrogen) atoms. The Bertz CT molecular complexity index is 467. The molecular weight excluding hydrogens is 294 g/mol. The van der Waals surface area contributed by atoms with E-state index in [1.807, 2.05) is 0 Å². The first-order valence-electron chi connectivity index (χ1n) is 6.70. The SMILES string of the molecule is Cl.O=C(c1cccc(B(O)O)c1)N1CCN(CCO)CC1. The highest BCUT2D eigenvalue weighted by molar-refractivity contribution is 6.58. The second-order valence-corrected chi connectivity index (χ2v) is 4.86. The molecule has 0 radical (unpaired) electrons. The molecule has 3 N–H and O–H groups in total. The number of rotatable bonds is 4. The van der Waals surface area contributed by atoms with Crippen LogP contribution >= 0.6 is 12.4 Å². The molecule has 0 unspecified atom stereocenters. The Balaban J connectivity index is 0.00000220. The lowest BCUT2D eigenvalue weighted by Gasteiger charge is -2.34. The minimum Gasteiger partial charge on any atom is -0.423 e. The van der Waals surface area contributed by atoms with E-state index in [0.29, 0.717) is 30.7 Å². The van der Waals surface area contributed by atoms with Gasteiger partial charge in [0.25, 0.3) is 5.91 Å². The van der Waals surface area contributed by atoms with Crippen LogP contribution in [-0.2, 0) is 0 Å². The van der Waals surface area contributed by atoms with Gasteiger partial charge in [0, 0.05) is 38.3 Å². The zero-order chi connectivity index (χ0) is 14.5. The summed E-state index contributed by atoms with van der Waals surface area (Å²) in [5, 5.41) is 27.2. The third kappa shape index (κ3) is 4.69. The van der Waals surface area contributed by atoms with Gasteiger partial charge in [0.2, 0.25) is 0 Å². The van der Waals surface area contributed by atoms with Gasteiger partial charge in [0.15, 0.2) is 0 Å². The molecule has 1 aliphatic heterocycles. The van der Waals surface area contributed by atoms with Crippen LogP contribution in [0.2, 0.25) is 0 Å². The largest absolute Gasteiger partial charge is 0.488 e. The summed E-state index contributed by atoms with van der Waals surface area (Å²) in [5.41, 5.74) is 0.779. The van der Waals surface area contributed by atoms with Gasteiger partial charge in [-0.05, 0) is 17.6 Å². The fourth-order valence-corrected chi connectivity index (χ4v) is 2.33. The topological polar surface area (TPSA) is 84.2 Å². The van der Waals surface area contributed by atoms with Crippen molar-refractivity contribution in [2.75, 3.05) is 39.3 Å². The first-order chi connectivity index (χ1) is 9.61. The van der Waals surface area contributed by atoms with Gasteiger partial charge < -0.3 is 20.1 Å². The van der Waals surface area contributed by atoms with E-state index in [0.717, 1.165) is 13.1 Å². The highest BCUT2D eigenvalue weighted by Gasteiger charge is 2.22. The van der Waals surface area contributed by atoms with Crippen LogP contribution in [0.25, 0.3) is 0 Å². The minimum absolute atomic E-state index is 0. The number of aliphatic hydroxyl groups is 1. The predicted octanol–water partition coefficient (Wildman–Crippen LogP) is -1.46. The number of halogens is 1. The molecular formula is C13H20BClN2O4. The van der Waals surface area contributed by atoms with Gasteiger partial charge in [-0.2, -0.15) is 0 Å². The maximum atomic E-state index is 12.3. The quantitative estimate of drug-likeness (QED) is 0.592. The van der Waals surface area contributed by atoms with E-state index in [1.165, 1.54) is 6.07 Å². The van der Waals surface area contributed by atoms with Crippen LogP contribution in [0.5, 0.6) is 0 Å². The van der Waals surface area contributed by atoms with Crippen molar-refractivity contribution in [1.82, 2.24) is 9.80 Å². The van der Waals surface area contributed by atoms with E-state index >= 15 is 0 Å². The zero-order valence-electron chi connectivity index (χ0n) is 11.7. The molecule has 0 atom stereocenters. The first kappa shape index (κ1) is 17.9. The number of piperazine rings is 1. The zero-order valence-corrected chi connectivity index (χ0v) is 12.5. The van der Waals surface area contributed by atoms with E-state index < -0.39 is 7.12 Å². The number of benzene rings is 1. The van der Waals surface area contributed by atoms with E-state index in [-0.39, 0.29) is 24.9 Å². The van der Waals surface area contributed by atoms with Gasteiger partial charge in [0.1, 0.15) is 0 Å². The highest BCUT2D eigenvalue weighted by Crippen LogP contribution is 2.08. The van der Waals surface area contributed by atoms with Gasteiger partial charge in [0.05, 0.1) is 6.61 Å². The van der Waals surface area contributed by atoms with Crippen molar-refractivity contribution in [3.63, 3.8) is 0 Å². The maximum Gasteiger partial charge on any atom is 0.488 e. The van der Waals surface area contributed by atoms with Crippen molar-refractivity contribution >= 4 is 30.9 Å². The predicted molar refractivity (Wildman–Crippen MR) is 82.9 cm³/mol. The fraction of sp³-hybridized carbons (Fsp3) is 0.462. The summed E-state index contributed by atoms with van der Waals surface area (Å²) in [6.07, 6.45) is 0. The van der Waals surface area contributed by atoms with Gasteiger partial charge in [-0.25, -0.2) is 0 Å². The standard InChI is InChI=1S/C13H19BN2O4.ClH/c17-9-8-15-4-6-16(7-5-15)13(18)11-2-1-3-12(10-11)14(19)20;/h1-3,10,17,19-20H,4-9H2;1H. The molecule has 2 rings (SSSR count). The lowest BCUT2D eigenvalue weighted by Crippen LogP contribution is -2.49. The third-order valence-corrected chi connectivity index (χ3v) is 3.51. The van der Waals surface area contributed by atoms with Crippen molar-refractivity contribution in [3.05, 3.63) is 29.8 Å². The molecule has 0 aromatic heterocycles. The average molecular weight is 315 g/mol. The van der Waals surface area contributed by atoms with Crippen molar-refractivity contribution < 1.29 is 19.9 Å². The molecule has 116 valence electrons. The van der Waals surface area contributed by atoms with Crippen molar-refractivity contribution in [2.24, 2.45) is 0 Å². The van der Waals surface area contributed by atoms with Crippen molar-refractivity contribution in [2.45, 2.75) is 0 Å². The van der Waals surface area contributed by atoms with Gasteiger partial charge in [-0.15, -0.1) is 12.4 Å². The Hall–Kier alpha value is -1.12. The van der Waals surface area contributed by atoms with E-state index in [1.54, 1.807) is 23.1 Å². The van der Waals surface area contributed by atoms with E-state index in [2.05, 4.69) is 4.90 Å². The molecule has 1 heterocycles.